The zero-order valence-electron chi connectivity index (χ0n) is 105. The molecule has 1 aliphatic carbocycles. The largest absolute Gasteiger partial charge is 1.00 e. The van der Waals surface area contributed by atoms with Crippen LogP contribution in [0, 0.1) is 0 Å². The average molecular weight is 2330 g/mol. The van der Waals surface area contributed by atoms with E-state index in [1.54, 1.807) is 95.7 Å². The fourth-order valence-electron chi connectivity index (χ4n) is 4.24. The number of thiophene rings is 1. The molecule has 3 fully saturated rings. The third-order valence-electron chi connectivity index (χ3n) is 8.11. The molecule has 5 N–H and O–H groups in total. The van der Waals surface area contributed by atoms with Crippen molar-refractivity contribution in [1.82, 2.24) is 50.1 Å². The van der Waals surface area contributed by atoms with Crippen LogP contribution in [-0.4, -0.2) is 103 Å². The van der Waals surface area contributed by atoms with Crippen LogP contribution in [0.2, 0.25) is 0 Å². The van der Waals surface area contributed by atoms with Crippen LogP contribution in [0.25, 0.3) is 0 Å². The van der Waals surface area contributed by atoms with E-state index < -0.39 is 0 Å². The number of ether oxygens (including phenoxy) is 3. The second kappa shape index (κ2) is 467. The van der Waals surface area contributed by atoms with Gasteiger partial charge in [-0.15, -0.1) is 35.3 Å². The molecule has 21 nitrogen and oxygen atoms in total. The van der Waals surface area contributed by atoms with Crippen molar-refractivity contribution < 1.29 is 102 Å². The van der Waals surface area contributed by atoms with Crippen molar-refractivity contribution in [2.24, 2.45) is 4.99 Å². The van der Waals surface area contributed by atoms with E-state index in [2.05, 4.69) is 109 Å². The minimum atomic E-state index is -0.0220. The molecule has 3 saturated heterocycles. The fourth-order valence-corrected chi connectivity index (χ4v) is 5.67. The van der Waals surface area contributed by atoms with Crippen LogP contribution in [0.3, 0.4) is 0 Å². The molecule has 0 saturated carbocycles. The van der Waals surface area contributed by atoms with Crippen LogP contribution in [0.5, 0.6) is 0 Å². The van der Waals surface area contributed by atoms with E-state index in [0.717, 1.165) is 39.3 Å². The number of nitrogens with zero attached hydrogens (tertiary/aromatic N) is 10. The zero-order valence-corrected chi connectivity index (χ0v) is 113. The van der Waals surface area contributed by atoms with Crippen molar-refractivity contribution in [3.05, 3.63) is 246 Å². The Balaban J connectivity index is -0.0000000192. The first-order chi connectivity index (χ1) is 67.2. The standard InChI is InChI=1S/C5H5N.C5H4O2.C5H10O.C5H6.C4H5N.2C4H8O.C4H4O.C4H4S.2C3H3NO.2C3H3NS.C2H2N2O.C2H2N2S.28C2H6.6CH4.B.FH.HI.K.H3N.H2O.2H2.H/c1-2-4-6-5-3-1;6-5-1-3-7-4-2-5;1-2-4-6-5-3-1;2*1-2-4-5-3-1;1-3-4(2)5-3;3*1-2-4-5-3-1;1-2-5-3-4-1;1-2-4-5-3-1;1-2-5-3-4-1;1-2-4-5-3-1;2*1-3-2-5-4-1;28*1-2;;;;;;;;;;;;;;;/h1-5H;1-4H;1-5H2;1-4H,5H2;1,3-4H,2H2;3-4H,1-2H3;1-4H2;2*1-4H;4*1-3H;2*1-2H;28*1-2H3;6*1H4;;2*1H;;1H3;1H2;2*1H;/q;;;;;;;;;;;;;;;;;;;;;;;;;;;;;;;;;;;;;;;;;;;;;;;;;;;;+1;;;;;-1/i;;;;;;;;;;;;;;;;;;;;;;;;;;;;;;;;;;;;;;;;;;;;;;;;;;;;;;;1+1;;. The topological polar surface area (TPSA) is 309 Å². The van der Waals surface area contributed by atoms with Gasteiger partial charge >= 0.3 is 51.4 Å². The first kappa shape index (κ1) is 271. The monoisotopic (exact) mass is 2330 g/mol. The van der Waals surface area contributed by atoms with E-state index in [-0.39, 0.29) is 154 Å². The Morgan fingerprint density at radius 1 is 0.333 bits per heavy atom. The van der Waals surface area contributed by atoms with Crippen molar-refractivity contribution in [3.63, 3.8) is 0 Å². The molecule has 10 aromatic heterocycles. The number of rotatable bonds is 0. The van der Waals surface area contributed by atoms with Crippen LogP contribution in [-0.2, 0) is 14.2 Å². The summed E-state index contributed by atoms with van der Waals surface area (Å²) < 4.78 is 44.5. The molecule has 15 rings (SSSR count). The number of halogens is 2. The quantitative estimate of drug-likeness (QED) is 0.0837. The summed E-state index contributed by atoms with van der Waals surface area (Å²) in [5.41, 5.74) is 3.45. The van der Waals surface area contributed by atoms with Gasteiger partial charge in [0.05, 0.1) is 55.2 Å². The van der Waals surface area contributed by atoms with Gasteiger partial charge in [-0.2, -0.15) is 15.7 Å². The normalized spacial score (nSPS) is 8.72. The number of furan rings is 1. The van der Waals surface area contributed by atoms with Crippen molar-refractivity contribution in [3.8, 4) is 0 Å². The molecule has 3 radical (unpaired) electrons. The number of allylic oxidation sites excluding steroid dienone is 5. The molecule has 5 aliphatic rings. The molecule has 14 heterocycles. The fraction of sp³-hybridized carbons (Fsp3) is 0.653. The summed E-state index contributed by atoms with van der Waals surface area (Å²) in [5, 5.41) is 14.5. The van der Waals surface area contributed by atoms with Gasteiger partial charge in [0.15, 0.2) is 18.1 Å². The van der Waals surface area contributed by atoms with Gasteiger partial charge < -0.3 is 49.6 Å². The van der Waals surface area contributed by atoms with Gasteiger partial charge in [0.2, 0.25) is 6.39 Å². The maximum atomic E-state index is 10.2. The summed E-state index contributed by atoms with van der Waals surface area (Å²) in [6.07, 6.45) is 48.5. The average Bonchev–Trinajstić information content (AvgIpc) is 1.76. The van der Waals surface area contributed by atoms with Gasteiger partial charge in [0, 0.05) is 104 Å². The Morgan fingerprint density at radius 3 is 0.816 bits per heavy atom. The summed E-state index contributed by atoms with van der Waals surface area (Å²) in [4.78, 5) is 32.1. The first-order valence-electron chi connectivity index (χ1n) is 52.5. The third-order valence-corrected chi connectivity index (χ3v) is 10.2. The number of epoxide rings is 1. The number of oxazole rings is 1. The number of hydrogen-bond acceptors (Lipinski definition) is 24. The van der Waals surface area contributed by atoms with E-state index in [0.29, 0.717) is 12.2 Å². The summed E-state index contributed by atoms with van der Waals surface area (Å²) in [7, 11) is 0. The maximum Gasteiger partial charge on any atom is 1.00 e. The minimum absolute atomic E-state index is 0. The molecule has 147 heavy (non-hydrogen) atoms. The van der Waals surface area contributed by atoms with Gasteiger partial charge in [-0.25, -0.2) is 19.3 Å². The SMILES string of the molecule is C.C.C.C.C.C.C1=CCC=C1.C1=CN=CC1.C1CCOC1.C1CCOCC1.CC.CC.CC.CC.CC.CC.CC.CC.CC.CC.CC.CC.CC.CC.CC.CC.CC.CC.CC.CC.CC.CC.CC.CC.CC.CC.CC.CC.CC1OC1C.F.I.N.O.O=c1ccocc1.[2HH].[B].[H-].[HH].[K+].c1ccncc1.c1ccoc1.c1ccsc1.c1cnoc1.c1cnsc1.c1cocn1.c1cscn1.c1ncon1.c1ncsn1. The number of aromatic nitrogens is 9. The van der Waals surface area contributed by atoms with Crippen molar-refractivity contribution in [1.29, 1.82) is 0 Å². The number of hydrogen-bond donors (Lipinski definition) is 1. The van der Waals surface area contributed by atoms with Crippen molar-refractivity contribution in [2.45, 2.75) is 503 Å². The molecule has 0 bridgehead atoms. The van der Waals surface area contributed by atoms with Crippen LogP contribution in [0.4, 0.5) is 4.70 Å². The van der Waals surface area contributed by atoms with E-state index in [4.69, 9.17) is 14.2 Å². The molecule has 2 unspecified atom stereocenters. The molecule has 0 amide bonds. The van der Waals surface area contributed by atoms with Gasteiger partial charge in [-0.1, -0.05) is 491 Å². The van der Waals surface area contributed by atoms with Gasteiger partial charge in [-0.3, -0.25) is 24.5 Å². The van der Waals surface area contributed by atoms with E-state index in [1.165, 1.54) is 118 Å². The summed E-state index contributed by atoms with van der Waals surface area (Å²) in [6, 6.07) is 19.8. The van der Waals surface area contributed by atoms with Crippen LogP contribution < -0.4 is 63.0 Å². The second-order valence-electron chi connectivity index (χ2n) is 14.2. The Bertz CT molecular complexity index is 2120. The molecule has 4 aliphatic heterocycles. The van der Waals surface area contributed by atoms with E-state index >= 15 is 0 Å². The zero-order chi connectivity index (χ0) is 112. The maximum absolute atomic E-state index is 10.2. The van der Waals surface area contributed by atoms with Crippen LogP contribution in [0.1, 0.15) is 495 Å². The number of thiazole rings is 1. The molecule has 903 valence electrons. The van der Waals surface area contributed by atoms with Gasteiger partial charge in [0.25, 0.3) is 0 Å². The Morgan fingerprint density at radius 2 is 0.714 bits per heavy atom. The molecule has 0 spiro atoms. The Kier molecular flexibility index (Phi) is 862. The Labute approximate surface area is 1010 Å². The molecular formula is C118H274BFIKN11O10S4. The van der Waals surface area contributed by atoms with E-state index in [9.17, 15) is 4.79 Å². The first-order valence-corrected chi connectivity index (χ1v) is 56.1. The molecule has 10 aromatic rings. The van der Waals surface area contributed by atoms with Crippen molar-refractivity contribution >= 4 is 84.3 Å². The predicted octanol–water partition coefficient (Wildman–Crippen LogP) is 44.1. The molecule has 29 heteroatoms. The molecule has 2 atom stereocenters. The van der Waals surface area contributed by atoms with E-state index in [1.807, 2.05) is 470 Å². The van der Waals surface area contributed by atoms with Crippen molar-refractivity contribution in [2.75, 3.05) is 26.4 Å². The predicted molar refractivity (Wildman–Crippen MR) is 709 cm³/mol. The summed E-state index contributed by atoms with van der Waals surface area (Å²) in [5.74, 6) is 0. The minimum Gasteiger partial charge on any atom is -1.00 e. The van der Waals surface area contributed by atoms with Crippen LogP contribution in [0.15, 0.2) is 268 Å². The summed E-state index contributed by atoms with van der Waals surface area (Å²) in [6.45, 7) is 120. The molecule has 0 aromatic carbocycles. The van der Waals surface area contributed by atoms with Gasteiger partial charge in [-0.05, 0) is 123 Å². The summed E-state index contributed by atoms with van der Waals surface area (Å²) >= 11 is 6.13. The Hall–Kier alpha value is -5.49. The van der Waals surface area contributed by atoms with Gasteiger partial charge in [0.1, 0.15) is 24.4 Å². The number of aliphatic imine (C=N–C) groups is 1. The second-order valence-corrected chi connectivity index (χ2v) is 17.1. The van der Waals surface area contributed by atoms with Crippen LogP contribution >= 0.6 is 69.7 Å². The third kappa shape index (κ3) is 473. The smallest absolute Gasteiger partial charge is 1.00 e. The molecular weight excluding hydrogens is 2060 g/mol. The number of pyridine rings is 1.